The third kappa shape index (κ3) is 3.28. The number of thiazole rings is 1. The number of aromatic nitrogens is 5. The van der Waals surface area contributed by atoms with Crippen LogP contribution in [0.15, 0.2) is 88.8 Å². The lowest BCUT2D eigenvalue weighted by molar-refractivity contribution is 0.764. The molecule has 156 valence electrons. The molecule has 8 heteroatoms. The molecule has 0 aliphatic carbocycles. The van der Waals surface area contributed by atoms with E-state index in [2.05, 4.69) is 16.3 Å². The molecule has 3 heterocycles. The average Bonchev–Trinajstić information content (AvgIpc) is 3.45. The molecular formula is C24H17N5OS2. The number of para-hydroxylation sites is 2. The Balaban J connectivity index is 1.45. The van der Waals surface area contributed by atoms with Gasteiger partial charge in [-0.1, -0.05) is 66.4 Å². The molecule has 0 radical (unpaired) electrons. The summed E-state index contributed by atoms with van der Waals surface area (Å²) >= 11 is 3.27. The normalized spacial score (nSPS) is 11.6. The highest BCUT2D eigenvalue weighted by molar-refractivity contribution is 7.98. The van der Waals surface area contributed by atoms with Crippen molar-refractivity contribution in [2.45, 2.75) is 17.5 Å². The monoisotopic (exact) mass is 455 g/mol. The number of hydrogen-bond donors (Lipinski definition) is 0. The van der Waals surface area contributed by atoms with Crippen molar-refractivity contribution in [2.24, 2.45) is 0 Å². The first-order chi connectivity index (χ1) is 15.8. The number of hydrogen-bond acceptors (Lipinski definition) is 6. The van der Waals surface area contributed by atoms with Crippen molar-refractivity contribution < 1.29 is 0 Å². The van der Waals surface area contributed by atoms with Crippen molar-refractivity contribution in [3.05, 3.63) is 99.8 Å². The summed E-state index contributed by atoms with van der Waals surface area (Å²) in [6.07, 6.45) is 0. The summed E-state index contributed by atoms with van der Waals surface area (Å²) in [6.45, 7) is 0.439. The molecule has 32 heavy (non-hydrogen) atoms. The molecule has 0 atom stereocenters. The van der Waals surface area contributed by atoms with Crippen LogP contribution in [0.1, 0.15) is 10.6 Å². The molecule has 6 nitrogen and oxygen atoms in total. The zero-order chi connectivity index (χ0) is 21.5. The van der Waals surface area contributed by atoms with E-state index >= 15 is 0 Å². The predicted octanol–water partition coefficient (Wildman–Crippen LogP) is 4.99. The quantitative estimate of drug-likeness (QED) is 0.343. The van der Waals surface area contributed by atoms with Gasteiger partial charge in [0.05, 0.1) is 33.4 Å². The van der Waals surface area contributed by atoms with E-state index in [-0.39, 0.29) is 5.56 Å². The van der Waals surface area contributed by atoms with Gasteiger partial charge < -0.3 is 0 Å². The van der Waals surface area contributed by atoms with Crippen molar-refractivity contribution in [1.82, 2.24) is 24.1 Å². The molecule has 0 N–H and O–H groups in total. The molecule has 0 saturated carbocycles. The van der Waals surface area contributed by atoms with E-state index in [9.17, 15) is 4.79 Å². The first-order valence-electron chi connectivity index (χ1n) is 10.2. The number of fused-ring (bicyclic) bond motifs is 4. The zero-order valence-electron chi connectivity index (χ0n) is 16.9. The lowest BCUT2D eigenvalue weighted by atomic mass is 10.2. The molecule has 3 aromatic carbocycles. The predicted molar refractivity (Wildman–Crippen MR) is 129 cm³/mol. The van der Waals surface area contributed by atoms with Crippen molar-refractivity contribution in [1.29, 1.82) is 0 Å². The molecule has 0 fully saturated rings. The molecule has 3 aromatic heterocycles. The van der Waals surface area contributed by atoms with Gasteiger partial charge in [-0.05, 0) is 29.8 Å². The van der Waals surface area contributed by atoms with Crippen LogP contribution in [-0.4, -0.2) is 24.1 Å². The summed E-state index contributed by atoms with van der Waals surface area (Å²) in [5.41, 5.74) is 2.81. The van der Waals surface area contributed by atoms with Crippen LogP contribution < -0.4 is 5.56 Å². The minimum atomic E-state index is -0.0629. The SMILES string of the molecule is O=c1c2ccccc2n2c(SCc3nc4ccccc4s3)nnc2n1Cc1ccccc1. The molecule has 0 spiro atoms. The highest BCUT2D eigenvalue weighted by Crippen LogP contribution is 2.29. The maximum absolute atomic E-state index is 13.3. The first-order valence-corrected chi connectivity index (χ1v) is 12.0. The van der Waals surface area contributed by atoms with E-state index in [1.165, 1.54) is 4.70 Å². The summed E-state index contributed by atoms with van der Waals surface area (Å²) in [7, 11) is 0. The van der Waals surface area contributed by atoms with Crippen LogP contribution in [0.3, 0.4) is 0 Å². The van der Waals surface area contributed by atoms with Crippen LogP contribution in [0.25, 0.3) is 26.9 Å². The van der Waals surface area contributed by atoms with E-state index in [4.69, 9.17) is 4.98 Å². The summed E-state index contributed by atoms with van der Waals surface area (Å²) in [5, 5.41) is 11.3. The smallest absolute Gasteiger partial charge is 0.263 e. The van der Waals surface area contributed by atoms with E-state index in [1.54, 1.807) is 27.7 Å². The van der Waals surface area contributed by atoms with Gasteiger partial charge in [0.25, 0.3) is 5.56 Å². The minimum Gasteiger partial charge on any atom is -0.272 e. The maximum Gasteiger partial charge on any atom is 0.263 e. The molecule has 0 saturated heterocycles. The Hall–Kier alpha value is -3.49. The molecular weight excluding hydrogens is 438 g/mol. The van der Waals surface area contributed by atoms with Crippen LogP contribution in [-0.2, 0) is 12.3 Å². The topological polar surface area (TPSA) is 65.1 Å². The Kier molecular flexibility index (Phi) is 4.74. The number of rotatable bonds is 5. The van der Waals surface area contributed by atoms with Crippen LogP contribution in [0.5, 0.6) is 0 Å². The Bertz CT molecular complexity index is 1600. The fraction of sp³-hybridized carbons (Fsp3) is 0.0833. The van der Waals surface area contributed by atoms with Crippen molar-refractivity contribution in [3.8, 4) is 0 Å². The van der Waals surface area contributed by atoms with Crippen molar-refractivity contribution >= 4 is 50.0 Å². The maximum atomic E-state index is 13.3. The largest absolute Gasteiger partial charge is 0.272 e. The first kappa shape index (κ1) is 19.2. The van der Waals surface area contributed by atoms with Crippen LogP contribution in [0.4, 0.5) is 0 Å². The zero-order valence-corrected chi connectivity index (χ0v) is 18.5. The number of nitrogens with zero attached hydrogens (tertiary/aromatic N) is 5. The van der Waals surface area contributed by atoms with E-state index < -0.39 is 0 Å². The summed E-state index contributed by atoms with van der Waals surface area (Å²) in [5.74, 6) is 1.23. The third-order valence-corrected chi connectivity index (χ3v) is 7.48. The Morgan fingerprint density at radius 1 is 0.875 bits per heavy atom. The summed E-state index contributed by atoms with van der Waals surface area (Å²) < 4.78 is 4.86. The van der Waals surface area contributed by atoms with Crippen LogP contribution in [0.2, 0.25) is 0 Å². The molecule has 0 bridgehead atoms. The van der Waals surface area contributed by atoms with Gasteiger partial charge in [0, 0.05) is 0 Å². The summed E-state index contributed by atoms with van der Waals surface area (Å²) in [4.78, 5) is 18.0. The van der Waals surface area contributed by atoms with E-state index in [0.29, 0.717) is 23.5 Å². The number of benzene rings is 3. The van der Waals surface area contributed by atoms with Gasteiger partial charge in [0.15, 0.2) is 5.16 Å². The Morgan fingerprint density at radius 3 is 2.53 bits per heavy atom. The van der Waals surface area contributed by atoms with Gasteiger partial charge in [-0.2, -0.15) is 0 Å². The Morgan fingerprint density at radius 2 is 1.66 bits per heavy atom. The fourth-order valence-electron chi connectivity index (χ4n) is 3.84. The van der Waals surface area contributed by atoms with Crippen molar-refractivity contribution in [2.75, 3.05) is 0 Å². The fourth-order valence-corrected chi connectivity index (χ4v) is 5.74. The van der Waals surface area contributed by atoms with Crippen molar-refractivity contribution in [3.63, 3.8) is 0 Å². The van der Waals surface area contributed by atoms with Gasteiger partial charge in [0.1, 0.15) is 5.01 Å². The van der Waals surface area contributed by atoms with Crippen LogP contribution in [0, 0.1) is 0 Å². The molecule has 0 aliphatic heterocycles. The van der Waals surface area contributed by atoms with Crippen LogP contribution >= 0.6 is 23.1 Å². The second-order valence-electron chi connectivity index (χ2n) is 7.38. The molecule has 6 aromatic rings. The highest BCUT2D eigenvalue weighted by atomic mass is 32.2. The lowest BCUT2D eigenvalue weighted by Gasteiger charge is -2.11. The molecule has 6 rings (SSSR count). The minimum absolute atomic E-state index is 0.0629. The molecule has 0 aliphatic rings. The average molecular weight is 456 g/mol. The lowest BCUT2D eigenvalue weighted by Crippen LogP contribution is -2.24. The summed E-state index contributed by atoms with van der Waals surface area (Å²) in [6, 6.07) is 25.7. The highest BCUT2D eigenvalue weighted by Gasteiger charge is 2.17. The van der Waals surface area contributed by atoms with E-state index in [1.807, 2.05) is 77.2 Å². The second kappa shape index (κ2) is 7.89. The van der Waals surface area contributed by atoms with Gasteiger partial charge in [-0.3, -0.25) is 13.8 Å². The second-order valence-corrected chi connectivity index (χ2v) is 9.43. The van der Waals surface area contributed by atoms with Gasteiger partial charge in [0.2, 0.25) is 5.78 Å². The number of thioether (sulfide) groups is 1. The third-order valence-electron chi connectivity index (χ3n) is 5.32. The Labute approximate surface area is 191 Å². The standard InChI is InChI=1S/C24H17N5OS2/c30-22-17-10-4-6-12-19(17)29-23(28(22)14-16-8-2-1-3-9-16)26-27-24(29)31-15-21-25-18-11-5-7-13-20(18)32-21/h1-13H,14-15H2. The van der Waals surface area contributed by atoms with Gasteiger partial charge >= 0.3 is 0 Å². The van der Waals surface area contributed by atoms with Gasteiger partial charge in [-0.25, -0.2) is 4.98 Å². The van der Waals surface area contributed by atoms with E-state index in [0.717, 1.165) is 26.8 Å². The van der Waals surface area contributed by atoms with Gasteiger partial charge in [-0.15, -0.1) is 21.5 Å². The molecule has 0 amide bonds. The molecule has 0 unspecified atom stereocenters.